The highest BCUT2D eigenvalue weighted by Gasteiger charge is 2.41. The molecular formula is C21H23ClN2O3. The van der Waals surface area contributed by atoms with E-state index in [1.807, 2.05) is 31.2 Å². The summed E-state index contributed by atoms with van der Waals surface area (Å²) < 4.78 is 5.31. The highest BCUT2D eigenvalue weighted by molar-refractivity contribution is 6.31. The van der Waals surface area contributed by atoms with Crippen LogP contribution in [-0.4, -0.2) is 25.5 Å². The van der Waals surface area contributed by atoms with Gasteiger partial charge < -0.3 is 15.0 Å². The van der Waals surface area contributed by atoms with E-state index >= 15 is 0 Å². The molecule has 0 fully saturated rings. The molecule has 0 aliphatic carbocycles. The zero-order chi connectivity index (χ0) is 19.8. The number of hydrogen-bond acceptors (Lipinski definition) is 3. The fourth-order valence-corrected chi connectivity index (χ4v) is 3.35. The Kier molecular flexibility index (Phi) is 5.16. The van der Waals surface area contributed by atoms with E-state index in [4.69, 9.17) is 16.3 Å². The van der Waals surface area contributed by atoms with Gasteiger partial charge in [-0.2, -0.15) is 0 Å². The van der Waals surface area contributed by atoms with Gasteiger partial charge in [-0.3, -0.25) is 9.59 Å². The third kappa shape index (κ3) is 3.52. The molecular weight excluding hydrogens is 364 g/mol. The molecule has 27 heavy (non-hydrogen) atoms. The summed E-state index contributed by atoms with van der Waals surface area (Å²) in [5.74, 6) is -0.166. The highest BCUT2D eigenvalue weighted by atomic mass is 35.5. The molecule has 0 aromatic heterocycles. The molecule has 142 valence electrons. The van der Waals surface area contributed by atoms with Crippen molar-refractivity contribution in [3.05, 3.63) is 52.5 Å². The number of benzene rings is 2. The molecule has 0 spiro atoms. The van der Waals surface area contributed by atoms with Gasteiger partial charge in [0.05, 0.1) is 12.8 Å². The Hall–Kier alpha value is -2.53. The lowest BCUT2D eigenvalue weighted by Crippen LogP contribution is -2.47. The van der Waals surface area contributed by atoms with Crippen molar-refractivity contribution in [3.63, 3.8) is 0 Å². The molecule has 0 atom stereocenters. The summed E-state index contributed by atoms with van der Waals surface area (Å²) in [4.78, 5) is 27.8. The van der Waals surface area contributed by atoms with Crippen LogP contribution in [0.4, 0.5) is 11.4 Å². The number of nitrogens with zero attached hydrogens (tertiary/aromatic N) is 1. The Morgan fingerprint density at radius 2 is 1.93 bits per heavy atom. The van der Waals surface area contributed by atoms with Crippen LogP contribution in [0.5, 0.6) is 5.75 Å². The maximum absolute atomic E-state index is 13.1. The van der Waals surface area contributed by atoms with Gasteiger partial charge in [0.25, 0.3) is 0 Å². The van der Waals surface area contributed by atoms with E-state index in [0.29, 0.717) is 23.0 Å². The summed E-state index contributed by atoms with van der Waals surface area (Å²) in [6.45, 7) is 5.70. The maximum atomic E-state index is 13.1. The van der Waals surface area contributed by atoms with Crippen LogP contribution in [0, 0.1) is 12.3 Å². The highest BCUT2D eigenvalue weighted by Crippen LogP contribution is 2.35. The average Bonchev–Trinajstić information content (AvgIpc) is 3.07. The molecule has 2 aromatic rings. The Balaban J connectivity index is 1.84. The van der Waals surface area contributed by atoms with Gasteiger partial charge in [-0.1, -0.05) is 29.8 Å². The van der Waals surface area contributed by atoms with Crippen molar-refractivity contribution in [1.82, 2.24) is 0 Å². The number of carbonyl (C=O) groups excluding carboxylic acids is 2. The Morgan fingerprint density at radius 3 is 2.63 bits per heavy atom. The molecule has 6 heteroatoms. The number of methoxy groups -OCH3 is 1. The van der Waals surface area contributed by atoms with Crippen LogP contribution >= 0.6 is 11.6 Å². The normalized spacial score (nSPS) is 13.3. The molecule has 1 aliphatic heterocycles. The third-order valence-electron chi connectivity index (χ3n) is 4.96. The minimum atomic E-state index is -1.24. The molecule has 1 N–H and O–H groups in total. The van der Waals surface area contributed by atoms with Gasteiger partial charge in [-0.15, -0.1) is 0 Å². The minimum absolute atomic E-state index is 0.227. The van der Waals surface area contributed by atoms with E-state index in [1.54, 1.807) is 30.9 Å². The molecule has 0 unspecified atom stereocenters. The molecule has 1 heterocycles. The van der Waals surface area contributed by atoms with Crippen LogP contribution in [0.2, 0.25) is 5.02 Å². The van der Waals surface area contributed by atoms with E-state index in [9.17, 15) is 9.59 Å². The largest absolute Gasteiger partial charge is 0.495 e. The van der Waals surface area contributed by atoms with Gasteiger partial charge >= 0.3 is 0 Å². The lowest BCUT2D eigenvalue weighted by atomic mass is 9.90. The van der Waals surface area contributed by atoms with Crippen molar-refractivity contribution in [1.29, 1.82) is 0 Å². The van der Waals surface area contributed by atoms with Crippen molar-refractivity contribution in [2.45, 2.75) is 27.2 Å². The monoisotopic (exact) mass is 386 g/mol. The fourth-order valence-electron chi connectivity index (χ4n) is 3.19. The summed E-state index contributed by atoms with van der Waals surface area (Å²) >= 11 is 6.12. The van der Waals surface area contributed by atoms with Crippen LogP contribution in [0.25, 0.3) is 0 Å². The van der Waals surface area contributed by atoms with Crippen molar-refractivity contribution in [3.8, 4) is 5.75 Å². The quantitative estimate of drug-likeness (QED) is 0.800. The second-order valence-electron chi connectivity index (χ2n) is 7.22. The number of hydrogen-bond donors (Lipinski definition) is 1. The van der Waals surface area contributed by atoms with Crippen LogP contribution in [0.15, 0.2) is 36.4 Å². The molecule has 3 rings (SSSR count). The number of para-hydroxylation sites is 1. The Labute approximate surface area is 164 Å². The van der Waals surface area contributed by atoms with E-state index in [2.05, 4.69) is 5.32 Å². The number of amides is 2. The number of aryl methyl sites for hydroxylation is 1. The number of fused-ring (bicyclic) bond motifs is 1. The first kappa shape index (κ1) is 19.2. The lowest BCUT2D eigenvalue weighted by Gasteiger charge is -2.29. The molecule has 0 bridgehead atoms. The van der Waals surface area contributed by atoms with Crippen molar-refractivity contribution < 1.29 is 14.3 Å². The Bertz CT molecular complexity index is 908. The second kappa shape index (κ2) is 7.24. The van der Waals surface area contributed by atoms with Gasteiger partial charge in [0.1, 0.15) is 11.2 Å². The fraction of sp³-hybridized carbons (Fsp3) is 0.333. The summed E-state index contributed by atoms with van der Waals surface area (Å²) in [6.07, 6.45) is 0.795. The first-order chi connectivity index (χ1) is 12.8. The summed E-state index contributed by atoms with van der Waals surface area (Å²) in [5.41, 5.74) is 2.06. The number of carbonyl (C=O) groups is 2. The lowest BCUT2D eigenvalue weighted by molar-refractivity contribution is -0.136. The molecule has 1 aliphatic rings. The van der Waals surface area contributed by atoms with Crippen molar-refractivity contribution in [2.24, 2.45) is 5.41 Å². The molecule has 2 aromatic carbocycles. The van der Waals surface area contributed by atoms with Crippen molar-refractivity contribution >= 4 is 34.8 Å². The summed E-state index contributed by atoms with van der Waals surface area (Å²) in [6, 6.07) is 11.2. The van der Waals surface area contributed by atoms with Crippen LogP contribution in [0.3, 0.4) is 0 Å². The third-order valence-corrected chi connectivity index (χ3v) is 5.37. The van der Waals surface area contributed by atoms with Gasteiger partial charge in [0.2, 0.25) is 11.8 Å². The number of nitrogens with one attached hydrogen (secondary N) is 1. The van der Waals surface area contributed by atoms with Gasteiger partial charge in [-0.05, 0) is 50.5 Å². The molecule has 5 nitrogen and oxygen atoms in total. The van der Waals surface area contributed by atoms with Crippen molar-refractivity contribution in [2.75, 3.05) is 23.9 Å². The molecule has 0 saturated heterocycles. The van der Waals surface area contributed by atoms with Gasteiger partial charge in [0.15, 0.2) is 0 Å². The van der Waals surface area contributed by atoms with Crippen LogP contribution in [-0.2, 0) is 16.0 Å². The van der Waals surface area contributed by atoms with Gasteiger partial charge in [0, 0.05) is 23.3 Å². The predicted octanol–water partition coefficient (Wildman–Crippen LogP) is 4.21. The average molecular weight is 387 g/mol. The smallest absolute Gasteiger partial charge is 0.242 e. The molecule has 2 amide bonds. The first-order valence-corrected chi connectivity index (χ1v) is 9.19. The number of ether oxygens (including phenoxy) is 1. The number of halogens is 1. The number of rotatable bonds is 4. The molecule has 0 radical (unpaired) electrons. The zero-order valence-corrected chi connectivity index (χ0v) is 16.7. The predicted molar refractivity (Wildman–Crippen MR) is 108 cm³/mol. The standard InChI is InChI=1S/C21H23ClN2O3/c1-13-11-16(18(27-4)12-15(13)22)23-19(25)21(2,3)20(26)24-10-9-14-7-5-6-8-17(14)24/h5-8,11-12H,9-10H2,1-4H3,(H,23,25). The SMILES string of the molecule is COc1cc(Cl)c(C)cc1NC(=O)C(C)(C)C(=O)N1CCc2ccccc21. The van der Waals surface area contributed by atoms with Crippen LogP contribution in [0.1, 0.15) is 25.0 Å². The summed E-state index contributed by atoms with van der Waals surface area (Å²) in [5, 5.41) is 3.38. The van der Waals surface area contributed by atoms with Gasteiger partial charge in [-0.25, -0.2) is 0 Å². The first-order valence-electron chi connectivity index (χ1n) is 8.81. The minimum Gasteiger partial charge on any atom is -0.495 e. The van der Waals surface area contributed by atoms with E-state index in [-0.39, 0.29) is 5.91 Å². The van der Waals surface area contributed by atoms with E-state index < -0.39 is 11.3 Å². The number of anilines is 2. The summed E-state index contributed by atoms with van der Waals surface area (Å²) in [7, 11) is 1.51. The maximum Gasteiger partial charge on any atom is 0.242 e. The topological polar surface area (TPSA) is 58.6 Å². The van der Waals surface area contributed by atoms with E-state index in [0.717, 1.165) is 23.2 Å². The van der Waals surface area contributed by atoms with E-state index in [1.165, 1.54) is 7.11 Å². The zero-order valence-electron chi connectivity index (χ0n) is 15.9. The molecule has 0 saturated carbocycles. The van der Waals surface area contributed by atoms with Crippen LogP contribution < -0.4 is 15.0 Å². The second-order valence-corrected chi connectivity index (χ2v) is 7.62. The Morgan fingerprint density at radius 1 is 1.22 bits per heavy atom.